The zero-order valence-electron chi connectivity index (χ0n) is 8.23. The molecule has 1 saturated heterocycles. The third kappa shape index (κ3) is 2.10. The van der Waals surface area contributed by atoms with Crippen LogP contribution < -0.4 is 5.32 Å². The van der Waals surface area contributed by atoms with Crippen LogP contribution in [0.5, 0.6) is 0 Å². The Hall–Kier alpha value is -0.810. The van der Waals surface area contributed by atoms with E-state index in [-0.39, 0.29) is 5.54 Å². The molecule has 1 rings (SSSR count). The third-order valence-electron chi connectivity index (χ3n) is 2.88. The first-order valence-electron chi connectivity index (χ1n) is 4.97. The molecule has 0 aromatic rings. The van der Waals surface area contributed by atoms with Crippen LogP contribution >= 0.6 is 0 Å². The summed E-state index contributed by atoms with van der Waals surface area (Å²) in [5.74, 6) is 2.81. The minimum absolute atomic E-state index is 0.239. The first-order chi connectivity index (χ1) is 6.25. The number of Topliss-reactive ketones (excluding diaryl/α,β-unsaturated/α-hetero) is 1. The van der Waals surface area contributed by atoms with Crippen LogP contribution in [0, 0.1) is 12.3 Å². The number of carbonyl (C=O) groups is 1. The summed E-state index contributed by atoms with van der Waals surface area (Å²) in [6.45, 7) is 3.03. The van der Waals surface area contributed by atoms with Gasteiger partial charge in [0.05, 0.1) is 5.54 Å². The molecule has 0 aromatic heterocycles. The van der Waals surface area contributed by atoms with Crippen molar-refractivity contribution in [1.29, 1.82) is 0 Å². The quantitative estimate of drug-likeness (QED) is 0.663. The Labute approximate surface area is 80.1 Å². The van der Waals surface area contributed by atoms with Crippen LogP contribution in [0.1, 0.15) is 39.0 Å². The van der Waals surface area contributed by atoms with Crippen LogP contribution in [0.4, 0.5) is 0 Å². The first kappa shape index (κ1) is 10.3. The van der Waals surface area contributed by atoms with Gasteiger partial charge in [-0.05, 0) is 25.8 Å². The first-order valence-corrected chi connectivity index (χ1v) is 4.97. The van der Waals surface area contributed by atoms with Crippen LogP contribution in [0.3, 0.4) is 0 Å². The lowest BCUT2D eigenvalue weighted by atomic mass is 9.87. The van der Waals surface area contributed by atoms with Crippen molar-refractivity contribution in [1.82, 2.24) is 5.32 Å². The molecule has 1 atom stereocenters. The Bertz CT molecular complexity index is 221. The predicted octanol–water partition coefficient (Wildman–Crippen LogP) is 1.50. The van der Waals surface area contributed by atoms with E-state index in [9.17, 15) is 4.79 Å². The third-order valence-corrected chi connectivity index (χ3v) is 2.88. The molecule has 1 heterocycles. The fourth-order valence-corrected chi connectivity index (χ4v) is 1.97. The summed E-state index contributed by atoms with van der Waals surface area (Å²) in [6.07, 6.45) is 9.21. The summed E-state index contributed by atoms with van der Waals surface area (Å²) in [5.41, 5.74) is -0.239. The average molecular weight is 179 g/mol. The molecule has 1 unspecified atom stereocenters. The maximum atomic E-state index is 11.8. The second-order valence-electron chi connectivity index (χ2n) is 3.59. The van der Waals surface area contributed by atoms with Crippen LogP contribution in [0.2, 0.25) is 0 Å². The second kappa shape index (κ2) is 4.43. The van der Waals surface area contributed by atoms with Gasteiger partial charge in [0.2, 0.25) is 0 Å². The molecule has 0 amide bonds. The standard InChI is InChI=1S/C11H17NO/c1-3-5-7-10(13)11(4-2)8-6-9-12-11/h1,12H,4-9H2,2H3. The Morgan fingerprint density at radius 1 is 1.69 bits per heavy atom. The number of rotatable bonds is 4. The van der Waals surface area contributed by atoms with E-state index in [1.54, 1.807) is 0 Å². The highest BCUT2D eigenvalue weighted by Crippen LogP contribution is 2.25. The van der Waals surface area contributed by atoms with Gasteiger partial charge in [0.25, 0.3) is 0 Å². The summed E-state index contributed by atoms with van der Waals surface area (Å²) in [5, 5.41) is 3.31. The van der Waals surface area contributed by atoms with Crippen LogP contribution in [-0.2, 0) is 4.79 Å². The molecule has 72 valence electrons. The molecular weight excluding hydrogens is 162 g/mol. The van der Waals surface area contributed by atoms with Gasteiger partial charge < -0.3 is 5.32 Å². The summed E-state index contributed by atoms with van der Waals surface area (Å²) in [7, 11) is 0. The Morgan fingerprint density at radius 3 is 2.92 bits per heavy atom. The molecule has 1 aliphatic rings. The van der Waals surface area contributed by atoms with Crippen molar-refractivity contribution in [2.24, 2.45) is 0 Å². The lowest BCUT2D eigenvalue weighted by Crippen LogP contribution is -2.46. The lowest BCUT2D eigenvalue weighted by Gasteiger charge is -2.26. The predicted molar refractivity (Wildman–Crippen MR) is 53.3 cm³/mol. The van der Waals surface area contributed by atoms with Gasteiger partial charge >= 0.3 is 0 Å². The van der Waals surface area contributed by atoms with Gasteiger partial charge in [-0.15, -0.1) is 12.3 Å². The molecule has 0 aromatic carbocycles. The number of hydrogen-bond donors (Lipinski definition) is 1. The van der Waals surface area contributed by atoms with Crippen molar-refractivity contribution in [3.05, 3.63) is 0 Å². The van der Waals surface area contributed by atoms with Crippen LogP contribution in [-0.4, -0.2) is 17.9 Å². The lowest BCUT2D eigenvalue weighted by molar-refractivity contribution is -0.125. The molecular formula is C11H17NO. The normalized spacial score (nSPS) is 27.1. The highest BCUT2D eigenvalue weighted by Gasteiger charge is 2.37. The van der Waals surface area contributed by atoms with Crippen molar-refractivity contribution in [2.45, 2.75) is 44.6 Å². The number of ketones is 1. The smallest absolute Gasteiger partial charge is 0.153 e. The van der Waals surface area contributed by atoms with E-state index in [2.05, 4.69) is 18.2 Å². The van der Waals surface area contributed by atoms with Crippen molar-refractivity contribution in [2.75, 3.05) is 6.54 Å². The topological polar surface area (TPSA) is 29.1 Å². The zero-order valence-corrected chi connectivity index (χ0v) is 8.23. The molecule has 1 aliphatic heterocycles. The van der Waals surface area contributed by atoms with E-state index < -0.39 is 0 Å². The molecule has 0 radical (unpaired) electrons. The Balaban J connectivity index is 2.55. The molecule has 0 spiro atoms. The average Bonchev–Trinajstić information content (AvgIpc) is 2.63. The van der Waals surface area contributed by atoms with E-state index in [1.165, 1.54) is 0 Å². The molecule has 0 bridgehead atoms. The van der Waals surface area contributed by atoms with Crippen LogP contribution in [0.15, 0.2) is 0 Å². The minimum Gasteiger partial charge on any atom is -0.305 e. The molecule has 1 fully saturated rings. The molecule has 2 heteroatoms. The highest BCUT2D eigenvalue weighted by atomic mass is 16.1. The summed E-state index contributed by atoms with van der Waals surface area (Å²) < 4.78 is 0. The van der Waals surface area contributed by atoms with Crippen molar-refractivity contribution in [3.63, 3.8) is 0 Å². The highest BCUT2D eigenvalue weighted by molar-refractivity contribution is 5.88. The van der Waals surface area contributed by atoms with Gasteiger partial charge in [0, 0.05) is 12.8 Å². The number of carbonyl (C=O) groups excluding carboxylic acids is 1. The zero-order chi connectivity index (χ0) is 9.73. The van der Waals surface area contributed by atoms with E-state index in [0.717, 1.165) is 25.8 Å². The Kier molecular flexibility index (Phi) is 3.50. The monoisotopic (exact) mass is 179 g/mol. The van der Waals surface area contributed by atoms with Gasteiger partial charge in [-0.25, -0.2) is 0 Å². The van der Waals surface area contributed by atoms with E-state index in [0.29, 0.717) is 18.6 Å². The van der Waals surface area contributed by atoms with Crippen LogP contribution in [0.25, 0.3) is 0 Å². The number of terminal acetylenes is 1. The molecule has 13 heavy (non-hydrogen) atoms. The fourth-order valence-electron chi connectivity index (χ4n) is 1.97. The summed E-state index contributed by atoms with van der Waals surface area (Å²) >= 11 is 0. The van der Waals surface area contributed by atoms with Gasteiger partial charge in [-0.1, -0.05) is 6.92 Å². The maximum absolute atomic E-state index is 11.8. The van der Waals surface area contributed by atoms with Crippen molar-refractivity contribution < 1.29 is 4.79 Å². The van der Waals surface area contributed by atoms with E-state index in [4.69, 9.17) is 6.42 Å². The largest absolute Gasteiger partial charge is 0.305 e. The molecule has 0 aliphatic carbocycles. The van der Waals surface area contributed by atoms with E-state index >= 15 is 0 Å². The van der Waals surface area contributed by atoms with Gasteiger partial charge in [-0.3, -0.25) is 4.79 Å². The summed E-state index contributed by atoms with van der Waals surface area (Å²) in [4.78, 5) is 11.8. The number of hydrogen-bond acceptors (Lipinski definition) is 2. The van der Waals surface area contributed by atoms with Gasteiger partial charge in [0.15, 0.2) is 5.78 Å². The van der Waals surface area contributed by atoms with Gasteiger partial charge in [-0.2, -0.15) is 0 Å². The van der Waals surface area contributed by atoms with Gasteiger partial charge in [0.1, 0.15) is 0 Å². The number of nitrogens with one attached hydrogen (secondary N) is 1. The van der Waals surface area contributed by atoms with Crippen molar-refractivity contribution in [3.8, 4) is 12.3 Å². The minimum atomic E-state index is -0.239. The Morgan fingerprint density at radius 2 is 2.46 bits per heavy atom. The fraction of sp³-hybridized carbons (Fsp3) is 0.727. The second-order valence-corrected chi connectivity index (χ2v) is 3.59. The summed E-state index contributed by atoms with van der Waals surface area (Å²) in [6, 6.07) is 0. The maximum Gasteiger partial charge on any atom is 0.153 e. The SMILES string of the molecule is C#CCCC(=O)C1(CC)CCCN1. The van der Waals surface area contributed by atoms with E-state index in [1.807, 2.05) is 0 Å². The van der Waals surface area contributed by atoms with Crippen molar-refractivity contribution >= 4 is 5.78 Å². The molecule has 2 nitrogen and oxygen atoms in total. The molecule has 1 N–H and O–H groups in total. The molecule has 0 saturated carbocycles.